The quantitative estimate of drug-likeness (QED) is 0.204. The van der Waals surface area contributed by atoms with Crippen molar-refractivity contribution in [1.82, 2.24) is 0 Å². The number of halogens is 2. The summed E-state index contributed by atoms with van der Waals surface area (Å²) in [5.41, 5.74) is 1.69. The van der Waals surface area contributed by atoms with Crippen molar-refractivity contribution in [2.75, 3.05) is 6.61 Å². The molecule has 0 radical (unpaired) electrons. The van der Waals surface area contributed by atoms with E-state index in [-0.39, 0.29) is 11.1 Å². The molecule has 0 aliphatic heterocycles. The standard InChI is InChI=1S/C26H26F2O/c1-3-5-6-7-19-8-9-22-18-23(11-10-21(22)17-19)26(28)25(27)20-12-14-24(15-13-20)29-16-4-2/h4,8-15,17-18H,2-3,5-7,16H2,1H3. The molecule has 0 unspecified atom stereocenters. The number of hydrogen-bond acceptors (Lipinski definition) is 1. The van der Waals surface area contributed by atoms with Crippen molar-refractivity contribution in [3.8, 4) is 5.75 Å². The highest BCUT2D eigenvalue weighted by molar-refractivity contribution is 5.90. The maximum atomic E-state index is 14.8. The lowest BCUT2D eigenvalue weighted by atomic mass is 10.00. The van der Waals surface area contributed by atoms with Crippen LogP contribution in [0.25, 0.3) is 22.4 Å². The molecule has 0 aliphatic rings. The van der Waals surface area contributed by atoms with Crippen LogP contribution in [-0.2, 0) is 6.42 Å². The van der Waals surface area contributed by atoms with Crippen molar-refractivity contribution < 1.29 is 13.5 Å². The van der Waals surface area contributed by atoms with Gasteiger partial charge in [-0.25, -0.2) is 8.78 Å². The van der Waals surface area contributed by atoms with Gasteiger partial charge in [0.1, 0.15) is 12.4 Å². The maximum Gasteiger partial charge on any atom is 0.166 e. The molecule has 0 atom stereocenters. The van der Waals surface area contributed by atoms with Gasteiger partial charge in [0.2, 0.25) is 0 Å². The fourth-order valence-electron chi connectivity index (χ4n) is 3.27. The van der Waals surface area contributed by atoms with Gasteiger partial charge < -0.3 is 4.74 Å². The van der Waals surface area contributed by atoms with E-state index in [1.807, 2.05) is 12.1 Å². The molecule has 0 saturated heterocycles. The van der Waals surface area contributed by atoms with Crippen LogP contribution in [0.3, 0.4) is 0 Å². The zero-order chi connectivity index (χ0) is 20.6. The lowest BCUT2D eigenvalue weighted by Gasteiger charge is -2.07. The smallest absolute Gasteiger partial charge is 0.166 e. The summed E-state index contributed by atoms with van der Waals surface area (Å²) in [5.74, 6) is -1.16. The van der Waals surface area contributed by atoms with Crippen LogP contribution in [0.1, 0.15) is 42.9 Å². The zero-order valence-electron chi connectivity index (χ0n) is 16.8. The summed E-state index contributed by atoms with van der Waals surface area (Å²) >= 11 is 0. The fraction of sp³-hybridized carbons (Fsp3) is 0.231. The predicted molar refractivity (Wildman–Crippen MR) is 118 cm³/mol. The van der Waals surface area contributed by atoms with Crippen molar-refractivity contribution in [2.24, 2.45) is 0 Å². The number of rotatable bonds is 9. The number of ether oxygens (including phenoxy) is 1. The summed E-state index contributed by atoms with van der Waals surface area (Å²) in [5, 5.41) is 1.94. The average molecular weight is 392 g/mol. The minimum Gasteiger partial charge on any atom is -0.490 e. The second-order valence-electron chi connectivity index (χ2n) is 7.11. The van der Waals surface area contributed by atoms with Gasteiger partial charge in [-0.15, -0.1) is 0 Å². The van der Waals surface area contributed by atoms with Gasteiger partial charge in [-0.05, 0) is 59.5 Å². The molecular weight excluding hydrogens is 366 g/mol. The molecule has 3 heteroatoms. The van der Waals surface area contributed by atoms with Crippen LogP contribution < -0.4 is 4.74 Å². The van der Waals surface area contributed by atoms with Crippen molar-refractivity contribution in [3.05, 3.63) is 90.0 Å². The van der Waals surface area contributed by atoms with Crippen molar-refractivity contribution >= 4 is 22.4 Å². The Hall–Kier alpha value is -2.94. The molecule has 0 aromatic heterocycles. The van der Waals surface area contributed by atoms with Crippen LogP contribution in [0.4, 0.5) is 8.78 Å². The van der Waals surface area contributed by atoms with Gasteiger partial charge in [0.15, 0.2) is 11.7 Å². The molecular formula is C26H26F2O. The van der Waals surface area contributed by atoms with Gasteiger partial charge in [-0.1, -0.05) is 62.8 Å². The topological polar surface area (TPSA) is 9.23 Å². The van der Waals surface area contributed by atoms with Gasteiger partial charge in [0, 0.05) is 11.1 Å². The highest BCUT2D eigenvalue weighted by Crippen LogP contribution is 2.31. The molecule has 0 N–H and O–H groups in total. The molecule has 3 aromatic carbocycles. The number of unbranched alkanes of at least 4 members (excludes halogenated alkanes) is 2. The molecule has 150 valence electrons. The Morgan fingerprint density at radius 2 is 1.52 bits per heavy atom. The van der Waals surface area contributed by atoms with Crippen LogP contribution >= 0.6 is 0 Å². The minimum atomic E-state index is -0.879. The van der Waals surface area contributed by atoms with E-state index in [0.717, 1.165) is 17.2 Å². The molecule has 0 saturated carbocycles. The molecule has 0 amide bonds. The van der Waals surface area contributed by atoms with Gasteiger partial charge in [-0.3, -0.25) is 0 Å². The van der Waals surface area contributed by atoms with Crippen LogP contribution in [0.2, 0.25) is 0 Å². The van der Waals surface area contributed by atoms with E-state index in [2.05, 4.69) is 25.6 Å². The van der Waals surface area contributed by atoms with Gasteiger partial charge in [-0.2, -0.15) is 0 Å². The van der Waals surface area contributed by atoms with E-state index in [1.54, 1.807) is 30.3 Å². The van der Waals surface area contributed by atoms with Crippen molar-refractivity contribution in [1.29, 1.82) is 0 Å². The lowest BCUT2D eigenvalue weighted by molar-refractivity contribution is 0.363. The van der Waals surface area contributed by atoms with Crippen LogP contribution in [-0.4, -0.2) is 6.61 Å². The molecule has 0 fully saturated rings. The minimum absolute atomic E-state index is 0.180. The first kappa shape index (κ1) is 20.8. The monoisotopic (exact) mass is 392 g/mol. The predicted octanol–water partition coefficient (Wildman–Crippen LogP) is 7.90. The molecule has 0 bridgehead atoms. The van der Waals surface area contributed by atoms with Crippen molar-refractivity contribution in [2.45, 2.75) is 32.6 Å². The third kappa shape index (κ3) is 5.32. The Kier molecular flexibility index (Phi) is 7.18. The first-order valence-corrected chi connectivity index (χ1v) is 10.0. The summed E-state index contributed by atoms with van der Waals surface area (Å²) in [4.78, 5) is 0. The normalized spacial score (nSPS) is 12.0. The summed E-state index contributed by atoms with van der Waals surface area (Å²) in [6, 6.07) is 17.6. The molecule has 3 aromatic rings. The van der Waals surface area contributed by atoms with Crippen LogP contribution in [0.15, 0.2) is 73.3 Å². The van der Waals surface area contributed by atoms with E-state index in [9.17, 15) is 8.78 Å². The Bertz CT molecular complexity index is 1000. The second-order valence-corrected chi connectivity index (χ2v) is 7.11. The summed E-state index contributed by atoms with van der Waals surface area (Å²) in [6.07, 6.45) is 6.25. The number of hydrogen-bond donors (Lipinski definition) is 0. The van der Waals surface area contributed by atoms with E-state index >= 15 is 0 Å². The SMILES string of the molecule is C=CCOc1ccc(C(F)=C(F)c2ccc3cc(CCCCC)ccc3c2)cc1. The van der Waals surface area contributed by atoms with Gasteiger partial charge >= 0.3 is 0 Å². The highest BCUT2D eigenvalue weighted by Gasteiger charge is 2.12. The maximum absolute atomic E-state index is 14.8. The first-order chi connectivity index (χ1) is 14.1. The summed E-state index contributed by atoms with van der Waals surface area (Å²) in [6.45, 7) is 6.13. The van der Waals surface area contributed by atoms with E-state index < -0.39 is 11.7 Å². The van der Waals surface area contributed by atoms with Crippen LogP contribution in [0.5, 0.6) is 5.75 Å². The van der Waals surface area contributed by atoms with Gasteiger partial charge in [0.25, 0.3) is 0 Å². The Labute approximate surface area is 171 Å². The van der Waals surface area contributed by atoms with E-state index in [0.29, 0.717) is 12.4 Å². The number of fused-ring (bicyclic) bond motifs is 1. The van der Waals surface area contributed by atoms with Gasteiger partial charge in [0.05, 0.1) is 0 Å². The average Bonchev–Trinajstić information content (AvgIpc) is 2.77. The summed E-state index contributed by atoms with van der Waals surface area (Å²) < 4.78 is 34.8. The zero-order valence-corrected chi connectivity index (χ0v) is 16.8. The van der Waals surface area contributed by atoms with Crippen LogP contribution in [0, 0.1) is 0 Å². The molecule has 3 rings (SSSR count). The highest BCUT2D eigenvalue weighted by atomic mass is 19.2. The largest absolute Gasteiger partial charge is 0.490 e. The fourth-order valence-corrected chi connectivity index (χ4v) is 3.27. The molecule has 0 aliphatic carbocycles. The Morgan fingerprint density at radius 1 is 0.862 bits per heavy atom. The number of benzene rings is 3. The Morgan fingerprint density at radius 3 is 2.24 bits per heavy atom. The summed E-state index contributed by atoms with van der Waals surface area (Å²) in [7, 11) is 0. The van der Waals surface area contributed by atoms with E-state index in [1.165, 1.54) is 37.0 Å². The molecule has 0 heterocycles. The first-order valence-electron chi connectivity index (χ1n) is 10.0. The molecule has 0 spiro atoms. The lowest BCUT2D eigenvalue weighted by Crippen LogP contribution is -1.92. The second kappa shape index (κ2) is 10.0. The third-order valence-corrected chi connectivity index (χ3v) is 4.90. The third-order valence-electron chi connectivity index (χ3n) is 4.90. The van der Waals surface area contributed by atoms with E-state index in [4.69, 9.17) is 4.74 Å². The van der Waals surface area contributed by atoms with Crippen molar-refractivity contribution in [3.63, 3.8) is 0 Å². The molecule has 1 nitrogen and oxygen atoms in total. The molecule has 29 heavy (non-hydrogen) atoms. The Balaban J connectivity index is 1.82. The number of aryl methyl sites for hydroxylation is 1.